The first-order valence-corrected chi connectivity index (χ1v) is 20.2. The van der Waals surface area contributed by atoms with Gasteiger partial charge in [-0.05, 0) is 26.4 Å². The van der Waals surface area contributed by atoms with Crippen LogP contribution in [-0.4, -0.2) is 33.1 Å². The van der Waals surface area contributed by atoms with E-state index in [4.69, 9.17) is 9.47 Å². The molecule has 0 aromatic rings. The second kappa shape index (κ2) is 39.9. The molecular weight excluding hydrogens is 526 g/mol. The summed E-state index contributed by atoms with van der Waals surface area (Å²) in [6.07, 6.45) is 46.0. The Bertz CT molecular complexity index is 433. The van der Waals surface area contributed by atoms with E-state index in [1.54, 1.807) is 0 Å². The number of nitrogens with one attached hydrogen (secondary N) is 1. The van der Waals surface area contributed by atoms with Gasteiger partial charge in [0.2, 0.25) is 0 Å². The normalized spacial score (nSPS) is 11.7. The Morgan fingerprint density at radius 1 is 0.349 bits per heavy atom. The van der Waals surface area contributed by atoms with Crippen LogP contribution in [0.25, 0.3) is 0 Å². The third-order valence-corrected chi connectivity index (χ3v) is 9.23. The predicted octanol–water partition coefficient (Wildman–Crippen LogP) is 13.5. The lowest BCUT2D eigenvalue weighted by Crippen LogP contribution is -2.23. The molecule has 0 saturated carbocycles. The van der Waals surface area contributed by atoms with Crippen LogP contribution in [0, 0.1) is 0 Å². The monoisotopic (exact) mass is 610 g/mol. The summed E-state index contributed by atoms with van der Waals surface area (Å²) in [5.74, 6) is 0. The predicted molar refractivity (Wildman–Crippen MR) is 193 cm³/mol. The zero-order chi connectivity index (χ0) is 31.2. The summed E-state index contributed by atoms with van der Waals surface area (Å²) in [4.78, 5) is 0. The minimum Gasteiger partial charge on any atom is -0.353 e. The smallest absolute Gasteiger partial charge is 0.158 e. The molecular formula is C40H83NO2. The first kappa shape index (κ1) is 42.9. The van der Waals surface area contributed by atoms with Crippen LogP contribution < -0.4 is 5.32 Å². The highest BCUT2D eigenvalue weighted by molar-refractivity contribution is 4.54. The summed E-state index contributed by atoms with van der Waals surface area (Å²) >= 11 is 0. The van der Waals surface area contributed by atoms with Gasteiger partial charge in [-0.2, -0.15) is 0 Å². The van der Waals surface area contributed by atoms with E-state index in [9.17, 15) is 0 Å². The third-order valence-electron chi connectivity index (χ3n) is 9.23. The molecule has 0 spiro atoms. The molecule has 0 amide bonds. The molecule has 0 unspecified atom stereocenters. The van der Waals surface area contributed by atoms with E-state index in [1.165, 1.54) is 205 Å². The van der Waals surface area contributed by atoms with Crippen LogP contribution in [0.4, 0.5) is 0 Å². The average Bonchev–Trinajstić information content (AvgIpc) is 3.02. The van der Waals surface area contributed by atoms with Crippen molar-refractivity contribution in [1.29, 1.82) is 0 Å². The van der Waals surface area contributed by atoms with Gasteiger partial charge in [-0.25, -0.2) is 0 Å². The van der Waals surface area contributed by atoms with Gasteiger partial charge in [-0.1, -0.05) is 206 Å². The van der Waals surface area contributed by atoms with Crippen molar-refractivity contribution in [2.75, 3.05) is 26.8 Å². The molecule has 0 radical (unpaired) electrons. The van der Waals surface area contributed by atoms with E-state index >= 15 is 0 Å². The van der Waals surface area contributed by atoms with Crippen LogP contribution in [0.5, 0.6) is 0 Å². The van der Waals surface area contributed by atoms with E-state index in [0.29, 0.717) is 0 Å². The van der Waals surface area contributed by atoms with Crippen molar-refractivity contribution in [2.24, 2.45) is 0 Å². The largest absolute Gasteiger partial charge is 0.353 e. The Labute approximate surface area is 273 Å². The number of rotatable bonds is 39. The Morgan fingerprint density at radius 3 is 0.814 bits per heavy atom. The van der Waals surface area contributed by atoms with Crippen molar-refractivity contribution in [2.45, 2.75) is 232 Å². The average molecular weight is 610 g/mol. The van der Waals surface area contributed by atoms with Gasteiger partial charge in [0.15, 0.2) is 6.29 Å². The first-order chi connectivity index (χ1) is 21.3. The Hall–Kier alpha value is -0.120. The summed E-state index contributed by atoms with van der Waals surface area (Å²) in [6.45, 7) is 7.27. The number of ether oxygens (including phenoxy) is 2. The summed E-state index contributed by atoms with van der Waals surface area (Å²) in [5.41, 5.74) is 0. The molecule has 43 heavy (non-hydrogen) atoms. The fourth-order valence-electron chi connectivity index (χ4n) is 6.21. The van der Waals surface area contributed by atoms with Crippen molar-refractivity contribution in [3.05, 3.63) is 0 Å². The van der Waals surface area contributed by atoms with Gasteiger partial charge in [-0.15, -0.1) is 0 Å². The summed E-state index contributed by atoms with van der Waals surface area (Å²) in [7, 11) is 2.02. The lowest BCUT2D eigenvalue weighted by atomic mass is 10.0. The molecule has 0 fully saturated rings. The Balaban J connectivity index is 3.43. The highest BCUT2D eigenvalue weighted by atomic mass is 16.7. The molecule has 3 heteroatoms. The van der Waals surface area contributed by atoms with Gasteiger partial charge in [0, 0.05) is 19.6 Å². The molecule has 1 N–H and O–H groups in total. The van der Waals surface area contributed by atoms with Crippen molar-refractivity contribution >= 4 is 0 Å². The van der Waals surface area contributed by atoms with E-state index in [1.807, 2.05) is 7.05 Å². The third kappa shape index (κ3) is 38.0. The molecule has 0 aliphatic rings. The maximum absolute atomic E-state index is 6.13. The SMILES string of the molecule is CCCCCCCCCCCCCCCCCCOC(CCNC)OCCCCCCCCCCCCCCCCCC. The lowest BCUT2D eigenvalue weighted by Gasteiger charge is -2.18. The highest BCUT2D eigenvalue weighted by Crippen LogP contribution is 2.16. The standard InChI is InChI=1S/C40H83NO2/c1-4-6-8-10-12-14-16-18-20-22-24-26-28-30-32-34-38-42-40(36-37-41-3)43-39-35-33-31-29-27-25-23-21-19-17-15-13-11-9-7-5-2/h40-41H,4-39H2,1-3H3. The molecule has 260 valence electrons. The van der Waals surface area contributed by atoms with Gasteiger partial charge in [0.05, 0.1) is 0 Å². The van der Waals surface area contributed by atoms with Crippen molar-refractivity contribution in [3.8, 4) is 0 Å². The van der Waals surface area contributed by atoms with E-state index in [0.717, 1.165) is 26.2 Å². The minimum absolute atomic E-state index is 0.0277. The van der Waals surface area contributed by atoms with Crippen LogP contribution in [0.2, 0.25) is 0 Å². The maximum Gasteiger partial charge on any atom is 0.158 e. The lowest BCUT2D eigenvalue weighted by molar-refractivity contribution is -0.146. The maximum atomic E-state index is 6.13. The van der Waals surface area contributed by atoms with Gasteiger partial charge < -0.3 is 14.8 Å². The van der Waals surface area contributed by atoms with E-state index in [2.05, 4.69) is 19.2 Å². The second-order valence-electron chi connectivity index (χ2n) is 13.7. The molecule has 0 bridgehead atoms. The first-order valence-electron chi connectivity index (χ1n) is 20.2. The van der Waals surface area contributed by atoms with Crippen LogP contribution >= 0.6 is 0 Å². The quantitative estimate of drug-likeness (QED) is 0.0555. The molecule has 0 aliphatic carbocycles. The number of hydrogen-bond acceptors (Lipinski definition) is 3. The second-order valence-corrected chi connectivity index (χ2v) is 13.7. The van der Waals surface area contributed by atoms with Crippen LogP contribution in [0.1, 0.15) is 226 Å². The fraction of sp³-hybridized carbons (Fsp3) is 1.00. The zero-order valence-electron chi connectivity index (χ0n) is 30.3. The summed E-state index contributed by atoms with van der Waals surface area (Å²) in [6, 6.07) is 0. The highest BCUT2D eigenvalue weighted by Gasteiger charge is 2.08. The number of unbranched alkanes of at least 4 members (excludes halogenated alkanes) is 30. The van der Waals surface area contributed by atoms with Gasteiger partial charge in [-0.3, -0.25) is 0 Å². The molecule has 0 aliphatic heterocycles. The summed E-state index contributed by atoms with van der Waals surface area (Å²) in [5, 5.41) is 3.25. The Kier molecular flexibility index (Phi) is 39.8. The van der Waals surface area contributed by atoms with E-state index < -0.39 is 0 Å². The van der Waals surface area contributed by atoms with Gasteiger partial charge >= 0.3 is 0 Å². The number of hydrogen-bond donors (Lipinski definition) is 1. The van der Waals surface area contributed by atoms with Crippen molar-refractivity contribution in [1.82, 2.24) is 5.32 Å². The van der Waals surface area contributed by atoms with Crippen molar-refractivity contribution < 1.29 is 9.47 Å². The summed E-state index contributed by atoms with van der Waals surface area (Å²) < 4.78 is 12.3. The van der Waals surface area contributed by atoms with Crippen LogP contribution in [0.15, 0.2) is 0 Å². The van der Waals surface area contributed by atoms with Crippen LogP contribution in [0.3, 0.4) is 0 Å². The molecule has 0 atom stereocenters. The fourth-order valence-corrected chi connectivity index (χ4v) is 6.21. The topological polar surface area (TPSA) is 30.5 Å². The minimum atomic E-state index is -0.0277. The van der Waals surface area contributed by atoms with Gasteiger partial charge in [0.25, 0.3) is 0 Å². The molecule has 0 aromatic heterocycles. The molecule has 0 aromatic carbocycles. The van der Waals surface area contributed by atoms with Crippen molar-refractivity contribution in [3.63, 3.8) is 0 Å². The molecule has 0 rings (SSSR count). The Morgan fingerprint density at radius 2 is 0.581 bits per heavy atom. The molecule has 0 heterocycles. The van der Waals surface area contributed by atoms with Gasteiger partial charge in [0.1, 0.15) is 0 Å². The molecule has 0 saturated heterocycles. The zero-order valence-corrected chi connectivity index (χ0v) is 30.3. The molecule has 3 nitrogen and oxygen atoms in total. The van der Waals surface area contributed by atoms with E-state index in [-0.39, 0.29) is 6.29 Å². The van der Waals surface area contributed by atoms with Crippen LogP contribution in [-0.2, 0) is 9.47 Å².